The van der Waals surface area contributed by atoms with Crippen molar-refractivity contribution in [2.75, 3.05) is 13.7 Å². The Bertz CT molecular complexity index is 1290. The van der Waals surface area contributed by atoms with Crippen LogP contribution in [0.4, 0.5) is 0 Å². The van der Waals surface area contributed by atoms with Gasteiger partial charge < -0.3 is 14.2 Å². The molecule has 2 aliphatic carbocycles. The lowest BCUT2D eigenvalue weighted by atomic mass is 9.50. The van der Waals surface area contributed by atoms with E-state index < -0.39 is 0 Å². The molecule has 3 aliphatic rings. The molecule has 160 valence electrons. The Labute approximate surface area is 185 Å². The average molecular weight is 426 g/mol. The van der Waals surface area contributed by atoms with Gasteiger partial charge in [-0.1, -0.05) is 42.5 Å². The smallest absolute Gasteiger partial charge is 0.201 e. The van der Waals surface area contributed by atoms with Crippen molar-refractivity contribution in [2.24, 2.45) is 17.8 Å². The van der Waals surface area contributed by atoms with E-state index in [0.717, 1.165) is 27.6 Å². The molecule has 0 saturated heterocycles. The van der Waals surface area contributed by atoms with Gasteiger partial charge in [-0.2, -0.15) is 0 Å². The van der Waals surface area contributed by atoms with Crippen molar-refractivity contribution in [2.45, 2.75) is 12.5 Å². The molecule has 32 heavy (non-hydrogen) atoms. The van der Waals surface area contributed by atoms with Crippen LogP contribution >= 0.6 is 0 Å². The highest BCUT2D eigenvalue weighted by atomic mass is 16.5. The highest BCUT2D eigenvalue weighted by Crippen LogP contribution is 2.59. The summed E-state index contributed by atoms with van der Waals surface area (Å²) in [6.07, 6.45) is 1.40. The van der Waals surface area contributed by atoms with E-state index in [1.54, 1.807) is 7.11 Å². The normalized spacial score (nSPS) is 25.6. The maximum absolute atomic E-state index is 13.2. The molecule has 1 saturated carbocycles. The maximum atomic E-state index is 13.2. The number of hydrogen-bond donors (Lipinski definition) is 0. The van der Waals surface area contributed by atoms with Gasteiger partial charge in [-0.05, 0) is 34.0 Å². The molecule has 0 amide bonds. The molecule has 5 heteroatoms. The topological polar surface area (TPSA) is 61.8 Å². The molecule has 3 aromatic rings. The van der Waals surface area contributed by atoms with Gasteiger partial charge >= 0.3 is 0 Å². The zero-order chi connectivity index (χ0) is 21.8. The van der Waals surface area contributed by atoms with E-state index in [1.165, 1.54) is 6.08 Å². The number of fused-ring (bicyclic) bond motifs is 7. The molecular formula is C27H22O5. The fraction of sp³-hybridized carbons (Fsp3) is 0.259. The zero-order valence-electron chi connectivity index (χ0n) is 17.6. The molecule has 1 heterocycles. The van der Waals surface area contributed by atoms with Crippen molar-refractivity contribution in [3.63, 3.8) is 0 Å². The van der Waals surface area contributed by atoms with Crippen LogP contribution in [0, 0.1) is 17.8 Å². The number of carbonyl (C=O) groups is 2. The van der Waals surface area contributed by atoms with Crippen LogP contribution in [0.3, 0.4) is 0 Å². The number of ether oxygens (including phenoxy) is 3. The van der Waals surface area contributed by atoms with Gasteiger partial charge in [0.15, 0.2) is 11.5 Å². The Morgan fingerprint density at radius 3 is 2.62 bits per heavy atom. The number of allylic oxidation sites excluding steroid dienone is 2. The van der Waals surface area contributed by atoms with Crippen LogP contribution in [-0.4, -0.2) is 25.3 Å². The molecule has 0 radical (unpaired) electrons. The van der Waals surface area contributed by atoms with Crippen molar-refractivity contribution < 1.29 is 23.8 Å². The first-order valence-corrected chi connectivity index (χ1v) is 10.8. The molecule has 1 fully saturated rings. The summed E-state index contributed by atoms with van der Waals surface area (Å²) in [7, 11) is 1.61. The number of carbonyl (C=O) groups excluding carboxylic acids is 2. The predicted molar refractivity (Wildman–Crippen MR) is 119 cm³/mol. The fourth-order valence-electron chi connectivity index (χ4n) is 5.47. The van der Waals surface area contributed by atoms with Gasteiger partial charge in [0.2, 0.25) is 5.78 Å². The zero-order valence-corrected chi connectivity index (χ0v) is 17.6. The molecule has 4 unspecified atom stereocenters. The Morgan fingerprint density at radius 1 is 0.938 bits per heavy atom. The number of hydrogen-bond acceptors (Lipinski definition) is 5. The third kappa shape index (κ3) is 2.84. The number of benzene rings is 3. The van der Waals surface area contributed by atoms with Gasteiger partial charge in [-0.25, -0.2) is 0 Å². The second kappa shape index (κ2) is 7.23. The number of methoxy groups -OCH3 is 1. The lowest BCUT2D eigenvalue weighted by molar-refractivity contribution is -0.149. The van der Waals surface area contributed by atoms with E-state index >= 15 is 0 Å². The molecule has 6 rings (SSSR count). The summed E-state index contributed by atoms with van der Waals surface area (Å²) in [4.78, 5) is 26.2. The summed E-state index contributed by atoms with van der Waals surface area (Å²) in [6.45, 7) is 0.670. The van der Waals surface area contributed by atoms with Crippen molar-refractivity contribution in [3.05, 3.63) is 83.6 Å². The first-order chi connectivity index (χ1) is 15.6. The quantitative estimate of drug-likeness (QED) is 0.617. The summed E-state index contributed by atoms with van der Waals surface area (Å²) in [5, 5.41) is 2.27. The van der Waals surface area contributed by atoms with Crippen molar-refractivity contribution >= 4 is 22.3 Å². The summed E-state index contributed by atoms with van der Waals surface area (Å²) < 4.78 is 17.1. The molecule has 0 bridgehead atoms. The Hall–Kier alpha value is -3.60. The molecule has 5 nitrogen and oxygen atoms in total. The molecule has 0 aromatic heterocycles. The summed E-state index contributed by atoms with van der Waals surface area (Å²) in [5.74, 6) is 0.791. The number of rotatable bonds is 4. The van der Waals surface area contributed by atoms with Gasteiger partial charge in [0.25, 0.3) is 0 Å². The van der Waals surface area contributed by atoms with E-state index in [1.807, 2.05) is 54.6 Å². The minimum absolute atomic E-state index is 0.00407. The van der Waals surface area contributed by atoms with Gasteiger partial charge in [0, 0.05) is 35.8 Å². The van der Waals surface area contributed by atoms with E-state index in [2.05, 4.69) is 6.07 Å². The molecule has 4 atom stereocenters. The Kier molecular flexibility index (Phi) is 4.32. The van der Waals surface area contributed by atoms with E-state index in [4.69, 9.17) is 14.2 Å². The molecule has 1 aliphatic heterocycles. The van der Waals surface area contributed by atoms with Crippen LogP contribution in [0.15, 0.2) is 72.5 Å². The summed E-state index contributed by atoms with van der Waals surface area (Å²) in [5.41, 5.74) is 1.95. The monoisotopic (exact) mass is 426 g/mol. The standard InChI is InChI=1S/C27H22O5/c1-30-18-8-9-19-22(11-18)32-14-20-24(19)26-21(28)12-23(27(29)25(20)26)31-13-15-6-7-16-4-2-3-5-17(16)10-15/h2-12,20,24-26H,13-14H2,1H3. The molecule has 0 spiro atoms. The fourth-order valence-corrected chi connectivity index (χ4v) is 5.47. The van der Waals surface area contributed by atoms with Gasteiger partial charge in [-0.3, -0.25) is 9.59 Å². The average Bonchev–Trinajstić information content (AvgIpc) is 2.80. The lowest BCUT2D eigenvalue weighted by Gasteiger charge is -2.53. The largest absolute Gasteiger partial charge is 0.497 e. The predicted octanol–water partition coefficient (Wildman–Crippen LogP) is 4.44. The first kappa shape index (κ1) is 19.1. The second-order valence-electron chi connectivity index (χ2n) is 8.70. The first-order valence-electron chi connectivity index (χ1n) is 10.8. The van der Waals surface area contributed by atoms with Gasteiger partial charge in [-0.15, -0.1) is 0 Å². The molecule has 3 aromatic carbocycles. The van der Waals surface area contributed by atoms with E-state index in [0.29, 0.717) is 12.4 Å². The minimum atomic E-state index is -0.376. The van der Waals surface area contributed by atoms with Crippen LogP contribution in [0.5, 0.6) is 11.5 Å². The summed E-state index contributed by atoms with van der Waals surface area (Å²) in [6, 6.07) is 19.8. The van der Waals surface area contributed by atoms with Crippen LogP contribution in [-0.2, 0) is 20.9 Å². The van der Waals surface area contributed by atoms with Gasteiger partial charge in [0.05, 0.1) is 13.7 Å². The van der Waals surface area contributed by atoms with E-state index in [-0.39, 0.29) is 47.6 Å². The molecule has 0 N–H and O–H groups in total. The highest BCUT2D eigenvalue weighted by Gasteiger charge is 2.61. The Morgan fingerprint density at radius 2 is 1.78 bits per heavy atom. The highest BCUT2D eigenvalue weighted by molar-refractivity contribution is 6.11. The van der Waals surface area contributed by atoms with Crippen LogP contribution in [0.25, 0.3) is 10.8 Å². The van der Waals surface area contributed by atoms with Gasteiger partial charge in [0.1, 0.15) is 18.1 Å². The third-order valence-corrected chi connectivity index (χ3v) is 7.06. The Balaban J connectivity index is 1.23. The maximum Gasteiger partial charge on any atom is 0.201 e. The SMILES string of the molecule is COc1ccc2c(c1)OCC1C3C(=O)C(OCc4ccc5ccccc5c4)=CC(=O)C3C21. The van der Waals surface area contributed by atoms with Crippen molar-refractivity contribution in [1.82, 2.24) is 0 Å². The third-order valence-electron chi connectivity index (χ3n) is 7.06. The molecular weight excluding hydrogens is 404 g/mol. The minimum Gasteiger partial charge on any atom is -0.497 e. The summed E-state index contributed by atoms with van der Waals surface area (Å²) >= 11 is 0. The van der Waals surface area contributed by atoms with Crippen molar-refractivity contribution in [1.29, 1.82) is 0 Å². The van der Waals surface area contributed by atoms with Crippen LogP contribution < -0.4 is 9.47 Å². The van der Waals surface area contributed by atoms with Crippen LogP contribution in [0.1, 0.15) is 17.0 Å². The number of ketones is 2. The van der Waals surface area contributed by atoms with E-state index in [9.17, 15) is 9.59 Å². The van der Waals surface area contributed by atoms with Crippen LogP contribution in [0.2, 0.25) is 0 Å². The second-order valence-corrected chi connectivity index (χ2v) is 8.70. The number of Topliss-reactive ketones (excluding diaryl/α,β-unsaturated/α-hetero) is 1. The van der Waals surface area contributed by atoms with Crippen molar-refractivity contribution in [3.8, 4) is 11.5 Å². The lowest BCUT2D eigenvalue weighted by Crippen LogP contribution is -2.58.